The van der Waals surface area contributed by atoms with E-state index in [1.807, 2.05) is 6.92 Å². The standard InChI is InChI=1S/C19H24N2O6/c1-6-21-10-11(2)17(19(23)24)13(21)9-16(22)20-12-7-14(25-3)18(27-5)15(8-12)26-4/h7-8,10H,6,9H2,1-5H3,(H,20,22)(H,23,24). The quantitative estimate of drug-likeness (QED) is 0.735. The highest BCUT2D eigenvalue weighted by atomic mass is 16.5. The molecule has 0 fully saturated rings. The maximum absolute atomic E-state index is 12.6. The molecule has 1 aromatic heterocycles. The molecule has 8 heteroatoms. The second-order valence-corrected chi connectivity index (χ2v) is 5.86. The van der Waals surface area contributed by atoms with Gasteiger partial charge in [0.15, 0.2) is 11.5 Å². The third-order valence-electron chi connectivity index (χ3n) is 4.21. The van der Waals surface area contributed by atoms with Gasteiger partial charge < -0.3 is 29.2 Å². The Morgan fingerprint density at radius 3 is 2.15 bits per heavy atom. The second-order valence-electron chi connectivity index (χ2n) is 5.86. The van der Waals surface area contributed by atoms with Crippen LogP contribution in [0.2, 0.25) is 0 Å². The maximum atomic E-state index is 12.6. The molecule has 0 radical (unpaired) electrons. The Hall–Kier alpha value is -3.16. The van der Waals surface area contributed by atoms with Crippen molar-refractivity contribution < 1.29 is 28.9 Å². The van der Waals surface area contributed by atoms with Gasteiger partial charge in [0.1, 0.15) is 0 Å². The number of aryl methyl sites for hydroxylation is 2. The molecule has 0 saturated carbocycles. The van der Waals surface area contributed by atoms with Crippen molar-refractivity contribution >= 4 is 17.6 Å². The molecule has 0 aliphatic heterocycles. The zero-order valence-electron chi connectivity index (χ0n) is 16.1. The smallest absolute Gasteiger partial charge is 0.337 e. The van der Waals surface area contributed by atoms with Crippen molar-refractivity contribution in [1.82, 2.24) is 4.57 Å². The van der Waals surface area contributed by atoms with Crippen LogP contribution in [0.25, 0.3) is 0 Å². The van der Waals surface area contributed by atoms with Crippen LogP contribution in [0.3, 0.4) is 0 Å². The minimum Gasteiger partial charge on any atom is -0.493 e. The first-order valence-electron chi connectivity index (χ1n) is 8.37. The molecule has 8 nitrogen and oxygen atoms in total. The minimum absolute atomic E-state index is 0.0695. The second kappa shape index (κ2) is 8.48. The van der Waals surface area contributed by atoms with Crippen molar-refractivity contribution in [2.75, 3.05) is 26.6 Å². The normalized spacial score (nSPS) is 10.4. The zero-order chi connectivity index (χ0) is 20.1. The molecule has 2 N–H and O–H groups in total. The first kappa shape index (κ1) is 20.2. The highest BCUT2D eigenvalue weighted by molar-refractivity contribution is 5.96. The number of carboxylic acids is 1. The molecule has 2 aromatic rings. The summed E-state index contributed by atoms with van der Waals surface area (Å²) in [6.07, 6.45) is 1.67. The number of aromatic carboxylic acids is 1. The third kappa shape index (κ3) is 4.16. The molecule has 146 valence electrons. The summed E-state index contributed by atoms with van der Waals surface area (Å²) in [5.41, 5.74) is 1.71. The number of nitrogens with one attached hydrogen (secondary N) is 1. The summed E-state index contributed by atoms with van der Waals surface area (Å²) in [4.78, 5) is 24.1. The molecule has 1 heterocycles. The molecule has 0 atom stereocenters. The maximum Gasteiger partial charge on any atom is 0.337 e. The Labute approximate surface area is 157 Å². The number of carbonyl (C=O) groups excluding carboxylic acids is 1. The first-order valence-corrected chi connectivity index (χ1v) is 8.37. The highest BCUT2D eigenvalue weighted by Gasteiger charge is 2.21. The van der Waals surface area contributed by atoms with E-state index in [4.69, 9.17) is 14.2 Å². The fourth-order valence-corrected chi connectivity index (χ4v) is 3.02. The van der Waals surface area contributed by atoms with Gasteiger partial charge in [-0.1, -0.05) is 0 Å². The first-order chi connectivity index (χ1) is 12.9. The van der Waals surface area contributed by atoms with Crippen LogP contribution in [0.4, 0.5) is 5.69 Å². The summed E-state index contributed by atoms with van der Waals surface area (Å²) >= 11 is 0. The number of nitrogens with zero attached hydrogens (tertiary/aromatic N) is 1. The molecule has 0 spiro atoms. The van der Waals surface area contributed by atoms with E-state index >= 15 is 0 Å². The number of ether oxygens (including phenoxy) is 3. The average Bonchev–Trinajstić information content (AvgIpc) is 2.95. The lowest BCUT2D eigenvalue weighted by molar-refractivity contribution is -0.115. The number of methoxy groups -OCH3 is 3. The van der Waals surface area contributed by atoms with Gasteiger partial charge in [-0.15, -0.1) is 0 Å². The zero-order valence-corrected chi connectivity index (χ0v) is 16.1. The molecule has 2 rings (SSSR count). The number of carbonyl (C=O) groups is 2. The van der Waals surface area contributed by atoms with Crippen LogP contribution in [-0.2, 0) is 17.8 Å². The van der Waals surface area contributed by atoms with Gasteiger partial charge in [-0.2, -0.15) is 0 Å². The van der Waals surface area contributed by atoms with Gasteiger partial charge in [-0.3, -0.25) is 4.79 Å². The van der Waals surface area contributed by atoms with Crippen molar-refractivity contribution in [2.24, 2.45) is 0 Å². The van der Waals surface area contributed by atoms with Crippen molar-refractivity contribution in [3.05, 3.63) is 35.2 Å². The lowest BCUT2D eigenvalue weighted by Gasteiger charge is -2.15. The molecule has 1 aromatic carbocycles. The van der Waals surface area contributed by atoms with Gasteiger partial charge in [0.2, 0.25) is 11.7 Å². The SMILES string of the molecule is CCn1cc(C)c(C(=O)O)c1CC(=O)Nc1cc(OC)c(OC)c(OC)c1. The van der Waals surface area contributed by atoms with Crippen molar-refractivity contribution in [3.8, 4) is 17.2 Å². The van der Waals surface area contributed by atoms with E-state index in [1.165, 1.54) is 21.3 Å². The van der Waals surface area contributed by atoms with Gasteiger partial charge in [0.25, 0.3) is 0 Å². The molecular formula is C19H24N2O6. The fourth-order valence-electron chi connectivity index (χ4n) is 3.02. The molecular weight excluding hydrogens is 352 g/mol. The van der Waals surface area contributed by atoms with Crippen LogP contribution < -0.4 is 19.5 Å². The van der Waals surface area contributed by atoms with E-state index < -0.39 is 5.97 Å². The van der Waals surface area contributed by atoms with Crippen LogP contribution >= 0.6 is 0 Å². The molecule has 0 bridgehead atoms. The van der Waals surface area contributed by atoms with Crippen molar-refractivity contribution in [2.45, 2.75) is 26.8 Å². The van der Waals surface area contributed by atoms with Crippen molar-refractivity contribution in [1.29, 1.82) is 0 Å². The van der Waals surface area contributed by atoms with Crippen molar-refractivity contribution in [3.63, 3.8) is 0 Å². The summed E-state index contributed by atoms with van der Waals surface area (Å²) in [6.45, 7) is 4.18. The number of carboxylic acid groups (broad SMARTS) is 1. The summed E-state index contributed by atoms with van der Waals surface area (Å²) in [5.74, 6) is -0.159. The molecule has 0 aliphatic rings. The monoisotopic (exact) mass is 376 g/mol. The lowest BCUT2D eigenvalue weighted by Crippen LogP contribution is -2.19. The summed E-state index contributed by atoms with van der Waals surface area (Å²) in [6, 6.07) is 3.23. The van der Waals surface area contributed by atoms with Gasteiger partial charge in [0.05, 0.1) is 33.3 Å². The van der Waals surface area contributed by atoms with E-state index in [9.17, 15) is 14.7 Å². The molecule has 0 aliphatic carbocycles. The number of hydrogen-bond donors (Lipinski definition) is 2. The highest BCUT2D eigenvalue weighted by Crippen LogP contribution is 2.39. The predicted molar refractivity (Wildman–Crippen MR) is 100 cm³/mol. The van der Waals surface area contributed by atoms with Gasteiger partial charge in [0, 0.05) is 36.3 Å². The van der Waals surface area contributed by atoms with E-state index in [-0.39, 0.29) is 17.9 Å². The van der Waals surface area contributed by atoms with Gasteiger partial charge in [-0.25, -0.2) is 4.79 Å². The molecule has 0 saturated heterocycles. The average molecular weight is 376 g/mol. The molecule has 1 amide bonds. The largest absolute Gasteiger partial charge is 0.493 e. The fraction of sp³-hybridized carbons (Fsp3) is 0.368. The van der Waals surface area contributed by atoms with Crippen LogP contribution in [-0.4, -0.2) is 42.9 Å². The number of amides is 1. The number of rotatable bonds is 8. The van der Waals surface area contributed by atoms with Crippen LogP contribution in [0, 0.1) is 6.92 Å². The topological polar surface area (TPSA) is 99.0 Å². The number of hydrogen-bond acceptors (Lipinski definition) is 5. The molecule has 0 unspecified atom stereocenters. The predicted octanol–water partition coefficient (Wildman–Crippen LogP) is 2.72. The van der Waals surface area contributed by atoms with E-state index in [0.29, 0.717) is 40.7 Å². The van der Waals surface area contributed by atoms with Crippen LogP contribution in [0.5, 0.6) is 17.2 Å². The van der Waals surface area contributed by atoms with E-state index in [0.717, 1.165) is 0 Å². The molecule has 27 heavy (non-hydrogen) atoms. The number of anilines is 1. The Morgan fingerprint density at radius 2 is 1.70 bits per heavy atom. The van der Waals surface area contributed by atoms with E-state index in [2.05, 4.69) is 5.32 Å². The van der Waals surface area contributed by atoms with Gasteiger partial charge >= 0.3 is 5.97 Å². The Bertz CT molecular complexity index is 831. The Kier molecular flexibility index (Phi) is 6.33. The van der Waals surface area contributed by atoms with E-state index in [1.54, 1.807) is 29.8 Å². The summed E-state index contributed by atoms with van der Waals surface area (Å²) in [5, 5.41) is 12.2. The Balaban J connectivity index is 2.30. The Morgan fingerprint density at radius 1 is 1.11 bits per heavy atom. The van der Waals surface area contributed by atoms with Crippen LogP contribution in [0.15, 0.2) is 18.3 Å². The minimum atomic E-state index is -1.05. The summed E-state index contributed by atoms with van der Waals surface area (Å²) < 4.78 is 17.6. The third-order valence-corrected chi connectivity index (χ3v) is 4.21. The van der Waals surface area contributed by atoms with Gasteiger partial charge in [-0.05, 0) is 19.4 Å². The number of benzene rings is 1. The number of aromatic nitrogens is 1. The lowest BCUT2D eigenvalue weighted by atomic mass is 10.1. The summed E-state index contributed by atoms with van der Waals surface area (Å²) in [7, 11) is 4.46. The van der Waals surface area contributed by atoms with Crippen LogP contribution in [0.1, 0.15) is 28.5 Å².